The van der Waals surface area contributed by atoms with E-state index in [0.717, 1.165) is 11.1 Å². The molecule has 0 aliphatic carbocycles. The van der Waals surface area contributed by atoms with Gasteiger partial charge in [0.15, 0.2) is 17.1 Å². The van der Waals surface area contributed by atoms with Crippen molar-refractivity contribution in [3.05, 3.63) is 42.5 Å². The molecule has 2 heterocycles. The topological polar surface area (TPSA) is 74.0 Å². The average molecular weight is 382 g/mol. The standard InChI is InChI=1S/C21H22N2O5/c1-25-17-8-5-9-18(26-2)19(17)28-20(24)14-10-12-23(13-11-14)21-22-15-6-3-4-7-16(15)27-21/h3-9,14H,10-13H2,1-2H3. The Morgan fingerprint density at radius 3 is 2.36 bits per heavy atom. The number of carbonyl (C=O) groups is 1. The average Bonchev–Trinajstić information content (AvgIpc) is 3.18. The summed E-state index contributed by atoms with van der Waals surface area (Å²) in [6, 6.07) is 13.5. The summed E-state index contributed by atoms with van der Waals surface area (Å²) in [4.78, 5) is 19.3. The van der Waals surface area contributed by atoms with Crippen LogP contribution in [0.1, 0.15) is 12.8 Å². The zero-order valence-corrected chi connectivity index (χ0v) is 15.9. The number of esters is 1. The lowest BCUT2D eigenvalue weighted by molar-refractivity contribution is -0.139. The van der Waals surface area contributed by atoms with Crippen LogP contribution < -0.4 is 19.1 Å². The van der Waals surface area contributed by atoms with Gasteiger partial charge in [-0.15, -0.1) is 0 Å². The Bertz CT molecular complexity index is 921. The number of para-hydroxylation sites is 3. The summed E-state index contributed by atoms with van der Waals surface area (Å²) < 4.78 is 22.1. The molecule has 1 fully saturated rings. The van der Waals surface area contributed by atoms with Crippen molar-refractivity contribution >= 4 is 23.1 Å². The third-order valence-corrected chi connectivity index (χ3v) is 4.97. The first-order chi connectivity index (χ1) is 13.7. The fourth-order valence-electron chi connectivity index (χ4n) is 3.40. The number of anilines is 1. The van der Waals surface area contributed by atoms with Crippen LogP contribution in [0.25, 0.3) is 11.1 Å². The molecule has 2 aromatic carbocycles. The second-order valence-electron chi connectivity index (χ2n) is 6.64. The van der Waals surface area contributed by atoms with Crippen LogP contribution >= 0.6 is 0 Å². The van der Waals surface area contributed by atoms with Gasteiger partial charge in [0, 0.05) is 13.1 Å². The summed E-state index contributed by atoms with van der Waals surface area (Å²) in [6.45, 7) is 1.35. The zero-order valence-electron chi connectivity index (χ0n) is 15.9. The van der Waals surface area contributed by atoms with Gasteiger partial charge in [-0.05, 0) is 37.1 Å². The normalized spacial score (nSPS) is 14.9. The predicted octanol–water partition coefficient (Wildman–Crippen LogP) is 3.67. The van der Waals surface area contributed by atoms with Crippen LogP contribution in [0.2, 0.25) is 0 Å². The van der Waals surface area contributed by atoms with Crippen molar-refractivity contribution in [1.29, 1.82) is 0 Å². The van der Waals surface area contributed by atoms with Crippen molar-refractivity contribution in [2.24, 2.45) is 5.92 Å². The number of benzene rings is 2. The molecule has 28 heavy (non-hydrogen) atoms. The van der Waals surface area contributed by atoms with E-state index in [1.165, 1.54) is 14.2 Å². The first-order valence-corrected chi connectivity index (χ1v) is 9.23. The van der Waals surface area contributed by atoms with E-state index in [2.05, 4.69) is 9.88 Å². The second kappa shape index (κ2) is 7.80. The van der Waals surface area contributed by atoms with Gasteiger partial charge in [0.2, 0.25) is 5.75 Å². The molecule has 4 rings (SSSR count). The number of aromatic nitrogens is 1. The SMILES string of the molecule is COc1cccc(OC)c1OC(=O)C1CCN(c2nc3ccccc3o2)CC1. The molecule has 0 saturated carbocycles. The monoisotopic (exact) mass is 382 g/mol. The number of fused-ring (bicyclic) bond motifs is 1. The lowest BCUT2D eigenvalue weighted by Crippen LogP contribution is -2.37. The molecule has 0 unspecified atom stereocenters. The number of hydrogen-bond donors (Lipinski definition) is 0. The highest BCUT2D eigenvalue weighted by Gasteiger charge is 2.30. The smallest absolute Gasteiger partial charge is 0.314 e. The van der Waals surface area contributed by atoms with Gasteiger partial charge in [0.05, 0.1) is 20.1 Å². The van der Waals surface area contributed by atoms with Gasteiger partial charge >= 0.3 is 5.97 Å². The van der Waals surface area contributed by atoms with Gasteiger partial charge in [-0.3, -0.25) is 4.79 Å². The van der Waals surface area contributed by atoms with E-state index < -0.39 is 0 Å². The molecule has 3 aromatic rings. The summed E-state index contributed by atoms with van der Waals surface area (Å²) in [5, 5.41) is 0. The molecule has 0 spiro atoms. The van der Waals surface area contributed by atoms with Crippen LogP contribution in [0.15, 0.2) is 46.9 Å². The summed E-state index contributed by atoms with van der Waals surface area (Å²) in [5.74, 6) is 0.780. The van der Waals surface area contributed by atoms with E-state index in [1.54, 1.807) is 18.2 Å². The number of oxazole rings is 1. The van der Waals surface area contributed by atoms with E-state index in [-0.39, 0.29) is 11.9 Å². The fraction of sp³-hybridized carbons (Fsp3) is 0.333. The fourth-order valence-corrected chi connectivity index (χ4v) is 3.40. The molecular weight excluding hydrogens is 360 g/mol. The Labute approximate surface area is 162 Å². The molecular formula is C21H22N2O5. The number of ether oxygens (including phenoxy) is 3. The minimum atomic E-state index is -0.278. The first kappa shape index (κ1) is 18.2. The minimum absolute atomic E-state index is 0.199. The molecule has 1 aliphatic rings. The van der Waals surface area contributed by atoms with Crippen LogP contribution in [0.4, 0.5) is 6.01 Å². The highest BCUT2D eigenvalue weighted by molar-refractivity contribution is 5.77. The maximum absolute atomic E-state index is 12.7. The molecule has 0 N–H and O–H groups in total. The number of carbonyl (C=O) groups excluding carboxylic acids is 1. The Balaban J connectivity index is 1.42. The summed E-state index contributed by atoms with van der Waals surface area (Å²) in [7, 11) is 3.07. The lowest BCUT2D eigenvalue weighted by atomic mass is 9.97. The van der Waals surface area contributed by atoms with E-state index in [1.807, 2.05) is 24.3 Å². The summed E-state index contributed by atoms with van der Waals surface area (Å²) in [6.07, 6.45) is 1.32. The number of hydrogen-bond acceptors (Lipinski definition) is 7. The van der Waals surface area contributed by atoms with E-state index in [4.69, 9.17) is 18.6 Å². The Kier molecular flexibility index (Phi) is 5.06. The molecule has 7 nitrogen and oxygen atoms in total. The summed E-state index contributed by atoms with van der Waals surface area (Å²) >= 11 is 0. The van der Waals surface area contributed by atoms with Gasteiger partial charge in [-0.2, -0.15) is 4.98 Å². The molecule has 0 atom stereocenters. The van der Waals surface area contributed by atoms with Crippen molar-refractivity contribution in [2.75, 3.05) is 32.2 Å². The van der Waals surface area contributed by atoms with E-state index in [0.29, 0.717) is 49.2 Å². The van der Waals surface area contributed by atoms with Crippen molar-refractivity contribution in [1.82, 2.24) is 4.98 Å². The molecule has 0 amide bonds. The maximum atomic E-state index is 12.7. The quantitative estimate of drug-likeness (QED) is 0.492. The van der Waals surface area contributed by atoms with Gasteiger partial charge in [-0.25, -0.2) is 0 Å². The number of methoxy groups -OCH3 is 2. The van der Waals surface area contributed by atoms with Crippen LogP contribution in [0.3, 0.4) is 0 Å². The van der Waals surface area contributed by atoms with E-state index >= 15 is 0 Å². The maximum Gasteiger partial charge on any atom is 0.314 e. The molecule has 146 valence electrons. The van der Waals surface area contributed by atoms with Crippen LogP contribution in [-0.4, -0.2) is 38.3 Å². The first-order valence-electron chi connectivity index (χ1n) is 9.23. The van der Waals surface area contributed by atoms with Crippen molar-refractivity contribution < 1.29 is 23.4 Å². The van der Waals surface area contributed by atoms with E-state index in [9.17, 15) is 4.79 Å². The van der Waals surface area contributed by atoms with Crippen LogP contribution in [0.5, 0.6) is 17.2 Å². The molecule has 0 radical (unpaired) electrons. The lowest BCUT2D eigenvalue weighted by Gasteiger charge is -2.29. The number of nitrogens with zero attached hydrogens (tertiary/aromatic N) is 2. The molecule has 1 aliphatic heterocycles. The zero-order chi connectivity index (χ0) is 19.5. The number of piperidine rings is 1. The third kappa shape index (κ3) is 3.47. The van der Waals surface area contributed by atoms with Gasteiger partial charge in [0.1, 0.15) is 5.52 Å². The Morgan fingerprint density at radius 2 is 1.71 bits per heavy atom. The molecule has 0 bridgehead atoms. The van der Waals surface area contributed by atoms with Crippen LogP contribution in [-0.2, 0) is 4.79 Å². The second-order valence-corrected chi connectivity index (χ2v) is 6.64. The molecule has 7 heteroatoms. The van der Waals surface area contributed by atoms with Gasteiger partial charge in [-0.1, -0.05) is 18.2 Å². The van der Waals surface area contributed by atoms with Gasteiger partial charge in [0.25, 0.3) is 6.01 Å². The van der Waals surface area contributed by atoms with Crippen molar-refractivity contribution in [2.45, 2.75) is 12.8 Å². The highest BCUT2D eigenvalue weighted by atomic mass is 16.6. The van der Waals surface area contributed by atoms with Gasteiger partial charge < -0.3 is 23.5 Å². The third-order valence-electron chi connectivity index (χ3n) is 4.97. The largest absolute Gasteiger partial charge is 0.493 e. The highest BCUT2D eigenvalue weighted by Crippen LogP contribution is 2.38. The Morgan fingerprint density at radius 1 is 1.04 bits per heavy atom. The van der Waals surface area contributed by atoms with Crippen LogP contribution in [0, 0.1) is 5.92 Å². The van der Waals surface area contributed by atoms with Crippen molar-refractivity contribution in [3.8, 4) is 17.2 Å². The Hall–Kier alpha value is -3.22. The molecule has 1 saturated heterocycles. The minimum Gasteiger partial charge on any atom is -0.493 e. The number of rotatable bonds is 5. The molecule has 1 aromatic heterocycles. The van der Waals surface area contributed by atoms with Crippen molar-refractivity contribution in [3.63, 3.8) is 0 Å². The predicted molar refractivity (Wildman–Crippen MR) is 104 cm³/mol. The summed E-state index contributed by atoms with van der Waals surface area (Å²) in [5.41, 5.74) is 1.60.